The Bertz CT molecular complexity index is 531. The van der Waals surface area contributed by atoms with Gasteiger partial charge in [0.2, 0.25) is 0 Å². The lowest BCUT2D eigenvalue weighted by Crippen LogP contribution is -2.47. The van der Waals surface area contributed by atoms with Crippen LogP contribution in [0.3, 0.4) is 0 Å². The van der Waals surface area contributed by atoms with Crippen molar-refractivity contribution in [3.8, 4) is 0 Å². The van der Waals surface area contributed by atoms with Crippen LogP contribution in [0.15, 0.2) is 18.2 Å². The summed E-state index contributed by atoms with van der Waals surface area (Å²) in [4.78, 5) is 14.7. The average Bonchev–Trinajstić information content (AvgIpc) is 2.51. The molecule has 2 fully saturated rings. The lowest BCUT2D eigenvalue weighted by Gasteiger charge is -2.44. The number of aryl methyl sites for hydroxylation is 1. The van der Waals surface area contributed by atoms with Crippen LogP contribution >= 0.6 is 24.0 Å². The van der Waals surface area contributed by atoms with Crippen molar-refractivity contribution < 1.29 is 4.79 Å². The highest BCUT2D eigenvalue weighted by Crippen LogP contribution is 2.39. The Labute approximate surface area is 143 Å². The number of rotatable bonds is 1. The number of carbonyl (C=O) groups excluding carboxylic acids is 1. The van der Waals surface area contributed by atoms with E-state index in [-0.39, 0.29) is 18.3 Å². The first kappa shape index (κ1) is 17.6. The number of nitrogens with one attached hydrogen (secondary N) is 1. The molecule has 122 valence electrons. The summed E-state index contributed by atoms with van der Waals surface area (Å²) in [5.74, 6) is 0.0903. The molecule has 22 heavy (non-hydrogen) atoms. The molecule has 2 saturated heterocycles. The van der Waals surface area contributed by atoms with Crippen LogP contribution in [0, 0.1) is 12.3 Å². The Morgan fingerprint density at radius 1 is 1.18 bits per heavy atom. The smallest absolute Gasteiger partial charge is 0.255 e. The second kappa shape index (κ2) is 7.20. The number of nitrogens with zero attached hydrogens (tertiary/aromatic N) is 1. The van der Waals surface area contributed by atoms with Gasteiger partial charge in [-0.2, -0.15) is 0 Å². The molecule has 0 unspecified atom stereocenters. The van der Waals surface area contributed by atoms with Gasteiger partial charge >= 0.3 is 0 Å². The maximum Gasteiger partial charge on any atom is 0.255 e. The Kier molecular flexibility index (Phi) is 5.76. The van der Waals surface area contributed by atoms with Crippen molar-refractivity contribution in [2.75, 3.05) is 26.2 Å². The number of carbonyl (C=O) groups is 1. The summed E-state index contributed by atoms with van der Waals surface area (Å²) in [5.41, 5.74) is 2.09. The van der Waals surface area contributed by atoms with Crippen LogP contribution in [0.25, 0.3) is 0 Å². The predicted molar refractivity (Wildman–Crippen MR) is 93.1 cm³/mol. The minimum absolute atomic E-state index is 0. The summed E-state index contributed by atoms with van der Waals surface area (Å²) in [6.07, 6.45) is 4.76. The maximum absolute atomic E-state index is 12.7. The van der Waals surface area contributed by atoms with Crippen LogP contribution in [0.2, 0.25) is 5.02 Å². The second-order valence-corrected chi connectivity index (χ2v) is 6.86. The quantitative estimate of drug-likeness (QED) is 0.844. The van der Waals surface area contributed by atoms with Crippen molar-refractivity contribution in [1.29, 1.82) is 0 Å². The molecular weight excluding hydrogens is 319 g/mol. The normalized spacial score (nSPS) is 20.5. The first-order valence-electron chi connectivity index (χ1n) is 7.86. The summed E-state index contributed by atoms with van der Waals surface area (Å²) >= 11 is 6.29. The highest BCUT2D eigenvalue weighted by molar-refractivity contribution is 6.34. The van der Waals surface area contributed by atoms with E-state index in [1.165, 1.54) is 12.8 Å². The molecule has 0 atom stereocenters. The van der Waals surface area contributed by atoms with Crippen molar-refractivity contribution in [2.24, 2.45) is 5.41 Å². The van der Waals surface area contributed by atoms with Crippen molar-refractivity contribution in [1.82, 2.24) is 10.2 Å². The van der Waals surface area contributed by atoms with Gasteiger partial charge in [0.1, 0.15) is 0 Å². The highest BCUT2D eigenvalue weighted by atomic mass is 35.5. The maximum atomic E-state index is 12.7. The molecule has 3 rings (SSSR count). The van der Waals surface area contributed by atoms with E-state index < -0.39 is 0 Å². The van der Waals surface area contributed by atoms with Gasteiger partial charge in [0.05, 0.1) is 10.6 Å². The standard InChI is InChI=1S/C17H23ClN2O.ClH/c1-13-3-2-4-14(15(13)18)16(21)20-11-7-17(8-12-20)5-9-19-10-6-17;/h2-4,19H,5-12H2,1H3;1H. The van der Waals surface area contributed by atoms with Gasteiger partial charge < -0.3 is 10.2 Å². The number of amides is 1. The largest absolute Gasteiger partial charge is 0.339 e. The molecule has 3 nitrogen and oxygen atoms in total. The van der Waals surface area contributed by atoms with Crippen molar-refractivity contribution in [2.45, 2.75) is 32.6 Å². The van der Waals surface area contributed by atoms with Gasteiger partial charge in [-0.3, -0.25) is 4.79 Å². The molecule has 0 aromatic heterocycles. The summed E-state index contributed by atoms with van der Waals surface area (Å²) < 4.78 is 0. The molecule has 1 aromatic rings. The van der Waals surface area contributed by atoms with Crippen LogP contribution in [-0.2, 0) is 0 Å². The molecule has 1 amide bonds. The van der Waals surface area contributed by atoms with Gasteiger partial charge in [-0.15, -0.1) is 12.4 Å². The van der Waals surface area contributed by atoms with E-state index in [0.29, 0.717) is 16.0 Å². The topological polar surface area (TPSA) is 32.3 Å². The van der Waals surface area contributed by atoms with E-state index in [0.717, 1.165) is 44.6 Å². The molecule has 1 N–H and O–H groups in total. The molecular formula is C17H24Cl2N2O. The molecule has 0 aliphatic carbocycles. The molecule has 0 radical (unpaired) electrons. The SMILES string of the molecule is Cc1cccc(C(=O)N2CCC3(CCNCC3)CC2)c1Cl.Cl. The average molecular weight is 343 g/mol. The summed E-state index contributed by atoms with van der Waals surface area (Å²) in [5, 5.41) is 4.03. The van der Waals surface area contributed by atoms with E-state index in [4.69, 9.17) is 11.6 Å². The monoisotopic (exact) mass is 342 g/mol. The number of likely N-dealkylation sites (tertiary alicyclic amines) is 1. The molecule has 2 heterocycles. The van der Waals surface area contributed by atoms with Crippen molar-refractivity contribution in [3.63, 3.8) is 0 Å². The predicted octanol–water partition coefficient (Wildman–Crippen LogP) is 3.68. The fraction of sp³-hybridized carbons (Fsp3) is 0.588. The van der Waals surface area contributed by atoms with Crippen LogP contribution in [0.4, 0.5) is 0 Å². The van der Waals surface area contributed by atoms with Gasteiger partial charge in [0.15, 0.2) is 0 Å². The molecule has 1 spiro atoms. The first-order valence-corrected chi connectivity index (χ1v) is 8.24. The van der Waals surface area contributed by atoms with E-state index in [1.54, 1.807) is 0 Å². The zero-order valence-corrected chi connectivity index (χ0v) is 14.6. The number of benzene rings is 1. The third-order valence-electron chi connectivity index (χ3n) is 5.20. The molecule has 0 saturated carbocycles. The zero-order valence-electron chi connectivity index (χ0n) is 13.0. The molecule has 5 heteroatoms. The van der Waals surface area contributed by atoms with Gasteiger partial charge in [-0.05, 0) is 62.7 Å². The Balaban J connectivity index is 0.00000176. The van der Waals surface area contributed by atoms with Crippen molar-refractivity contribution >= 4 is 29.9 Å². The summed E-state index contributed by atoms with van der Waals surface area (Å²) in [6, 6.07) is 5.69. The molecule has 2 aliphatic rings. The minimum atomic E-state index is 0. The molecule has 1 aromatic carbocycles. The molecule has 0 bridgehead atoms. The lowest BCUT2D eigenvalue weighted by atomic mass is 9.71. The fourth-order valence-corrected chi connectivity index (χ4v) is 3.83. The van der Waals surface area contributed by atoms with Crippen LogP contribution < -0.4 is 5.32 Å². The fourth-order valence-electron chi connectivity index (χ4n) is 3.62. The van der Waals surface area contributed by atoms with E-state index in [1.807, 2.05) is 30.0 Å². The van der Waals surface area contributed by atoms with Crippen LogP contribution in [-0.4, -0.2) is 37.0 Å². The van der Waals surface area contributed by atoms with E-state index in [2.05, 4.69) is 5.32 Å². The van der Waals surface area contributed by atoms with Crippen LogP contribution in [0.1, 0.15) is 41.6 Å². The minimum Gasteiger partial charge on any atom is -0.339 e. The van der Waals surface area contributed by atoms with Gasteiger partial charge in [-0.25, -0.2) is 0 Å². The lowest BCUT2D eigenvalue weighted by molar-refractivity contribution is 0.0496. The number of piperidine rings is 2. The van der Waals surface area contributed by atoms with Gasteiger partial charge in [0.25, 0.3) is 5.91 Å². The van der Waals surface area contributed by atoms with Crippen LogP contribution in [0.5, 0.6) is 0 Å². The number of hydrogen-bond acceptors (Lipinski definition) is 2. The zero-order chi connectivity index (χ0) is 14.9. The Morgan fingerprint density at radius 3 is 2.45 bits per heavy atom. The number of hydrogen-bond donors (Lipinski definition) is 1. The summed E-state index contributed by atoms with van der Waals surface area (Å²) in [6.45, 7) is 5.92. The van der Waals surface area contributed by atoms with Crippen molar-refractivity contribution in [3.05, 3.63) is 34.3 Å². The first-order chi connectivity index (χ1) is 10.1. The highest BCUT2D eigenvalue weighted by Gasteiger charge is 2.37. The third-order valence-corrected chi connectivity index (χ3v) is 5.70. The second-order valence-electron chi connectivity index (χ2n) is 6.48. The summed E-state index contributed by atoms with van der Waals surface area (Å²) in [7, 11) is 0. The Morgan fingerprint density at radius 2 is 1.82 bits per heavy atom. The van der Waals surface area contributed by atoms with Gasteiger partial charge in [-0.1, -0.05) is 23.7 Å². The van der Waals surface area contributed by atoms with Gasteiger partial charge in [0, 0.05) is 13.1 Å². The Hall–Kier alpha value is -0.770. The number of halogens is 2. The molecule has 2 aliphatic heterocycles. The van der Waals surface area contributed by atoms with E-state index in [9.17, 15) is 4.79 Å². The van der Waals surface area contributed by atoms with E-state index >= 15 is 0 Å². The third kappa shape index (κ3) is 3.42.